The third kappa shape index (κ3) is 5.04. The van der Waals surface area contributed by atoms with Gasteiger partial charge in [-0.15, -0.1) is 0 Å². The first kappa shape index (κ1) is 27.7. The van der Waals surface area contributed by atoms with E-state index in [1.54, 1.807) is 26.4 Å². The molecule has 2 aromatic heterocycles. The van der Waals surface area contributed by atoms with Crippen LogP contribution in [0, 0.1) is 0 Å². The van der Waals surface area contributed by atoms with Gasteiger partial charge in [-0.05, 0) is 90.7 Å². The maximum atomic E-state index is 11.7. The van der Waals surface area contributed by atoms with Crippen LogP contribution in [0.5, 0.6) is 11.5 Å². The number of carbonyl (C=O) groups is 1. The van der Waals surface area contributed by atoms with Crippen LogP contribution >= 0.6 is 0 Å². The van der Waals surface area contributed by atoms with E-state index in [0.29, 0.717) is 11.6 Å². The summed E-state index contributed by atoms with van der Waals surface area (Å²) in [5, 5.41) is 10.6. The molecule has 0 atom stereocenters. The number of methoxy groups -OCH3 is 2. The molecule has 0 radical (unpaired) electrons. The first-order chi connectivity index (χ1) is 21.5. The summed E-state index contributed by atoms with van der Waals surface area (Å²) in [4.78, 5) is 21.8. The first-order valence-electron chi connectivity index (χ1n) is 15.0. The number of ether oxygens (including phenoxy) is 2. The molecule has 1 aliphatic carbocycles. The average molecular weight is 584 g/mol. The third-order valence-electron chi connectivity index (χ3n) is 8.73. The molecule has 1 aliphatic rings. The van der Waals surface area contributed by atoms with Gasteiger partial charge in [0.1, 0.15) is 17.3 Å². The Hall–Kier alpha value is -5.17. The number of aromatic nitrogens is 3. The molecule has 6 aromatic rings. The van der Waals surface area contributed by atoms with Crippen LogP contribution < -0.4 is 9.47 Å². The van der Waals surface area contributed by atoms with E-state index in [1.807, 2.05) is 30.3 Å². The van der Waals surface area contributed by atoms with Crippen molar-refractivity contribution in [3.8, 4) is 45.3 Å². The van der Waals surface area contributed by atoms with Crippen LogP contribution in [0.2, 0.25) is 0 Å². The van der Waals surface area contributed by atoms with Crippen LogP contribution in [0.1, 0.15) is 48.5 Å². The molecule has 1 fully saturated rings. The summed E-state index contributed by atoms with van der Waals surface area (Å²) in [5.74, 6) is 1.50. The molecule has 0 saturated heterocycles. The van der Waals surface area contributed by atoms with Gasteiger partial charge in [0.2, 0.25) is 0 Å². The summed E-state index contributed by atoms with van der Waals surface area (Å²) in [6, 6.07) is 30.1. The lowest BCUT2D eigenvalue weighted by atomic mass is 9.94. The molecule has 2 heterocycles. The smallest absolute Gasteiger partial charge is 0.335 e. The maximum absolute atomic E-state index is 11.7. The summed E-state index contributed by atoms with van der Waals surface area (Å²) in [6.07, 6.45) is 5.80. The molecule has 7 heteroatoms. The number of imidazole rings is 1. The molecule has 4 aromatic carbocycles. The van der Waals surface area contributed by atoms with E-state index in [4.69, 9.17) is 19.4 Å². The van der Waals surface area contributed by atoms with E-state index in [1.165, 1.54) is 19.3 Å². The average Bonchev–Trinajstić information content (AvgIpc) is 3.47. The SMILES string of the molecule is COc1ccc(-c2ccc(OC)cc2-c2ccc3cc(-c4nc5cc(C(=O)O)ccc5n4C4CCCCC4)ccc3n2)cc1. The van der Waals surface area contributed by atoms with Gasteiger partial charge in [-0.2, -0.15) is 0 Å². The van der Waals surface area contributed by atoms with Gasteiger partial charge < -0.3 is 19.1 Å². The number of carboxylic acid groups (broad SMARTS) is 1. The summed E-state index contributed by atoms with van der Waals surface area (Å²) >= 11 is 0. The van der Waals surface area contributed by atoms with E-state index in [0.717, 1.165) is 74.5 Å². The number of aromatic carboxylic acids is 1. The fourth-order valence-electron chi connectivity index (χ4n) is 6.44. The molecular formula is C37H33N3O4. The van der Waals surface area contributed by atoms with Crippen LogP contribution in [-0.2, 0) is 0 Å². The van der Waals surface area contributed by atoms with Gasteiger partial charge >= 0.3 is 5.97 Å². The Kier molecular flexibility index (Phi) is 7.22. The third-order valence-corrected chi connectivity index (χ3v) is 8.73. The van der Waals surface area contributed by atoms with Crippen LogP contribution in [0.4, 0.5) is 0 Å². The van der Waals surface area contributed by atoms with Gasteiger partial charge in [0.05, 0.1) is 42.0 Å². The van der Waals surface area contributed by atoms with Crippen molar-refractivity contribution in [2.24, 2.45) is 0 Å². The second-order valence-corrected chi connectivity index (χ2v) is 11.3. The predicted octanol–water partition coefficient (Wildman–Crippen LogP) is 8.81. The molecular weight excluding hydrogens is 550 g/mol. The van der Waals surface area contributed by atoms with Crippen molar-refractivity contribution in [3.05, 3.63) is 96.6 Å². The summed E-state index contributed by atoms with van der Waals surface area (Å²) in [5.41, 5.74) is 7.76. The number of fused-ring (bicyclic) bond motifs is 2. The van der Waals surface area contributed by atoms with Crippen molar-refractivity contribution in [3.63, 3.8) is 0 Å². The molecule has 7 rings (SSSR count). The van der Waals surface area contributed by atoms with Gasteiger partial charge in [0.15, 0.2) is 0 Å². The lowest BCUT2D eigenvalue weighted by molar-refractivity contribution is 0.0697. The minimum absolute atomic E-state index is 0.249. The van der Waals surface area contributed by atoms with Crippen molar-refractivity contribution in [2.45, 2.75) is 38.1 Å². The van der Waals surface area contributed by atoms with Crippen molar-refractivity contribution >= 4 is 27.9 Å². The largest absolute Gasteiger partial charge is 0.497 e. The van der Waals surface area contributed by atoms with Crippen molar-refractivity contribution < 1.29 is 19.4 Å². The van der Waals surface area contributed by atoms with Crippen LogP contribution in [-0.4, -0.2) is 39.8 Å². The van der Waals surface area contributed by atoms with Crippen molar-refractivity contribution in [1.29, 1.82) is 0 Å². The normalized spacial score (nSPS) is 13.8. The Balaban J connectivity index is 1.32. The lowest BCUT2D eigenvalue weighted by Gasteiger charge is -2.25. The second-order valence-electron chi connectivity index (χ2n) is 11.3. The second kappa shape index (κ2) is 11.5. The predicted molar refractivity (Wildman–Crippen MR) is 174 cm³/mol. The Labute approximate surface area is 255 Å². The number of carboxylic acids is 1. The van der Waals surface area contributed by atoms with Gasteiger partial charge in [-0.25, -0.2) is 14.8 Å². The fourth-order valence-corrected chi connectivity index (χ4v) is 6.44. The topological polar surface area (TPSA) is 86.5 Å². The van der Waals surface area contributed by atoms with E-state index in [-0.39, 0.29) is 5.56 Å². The number of hydrogen-bond acceptors (Lipinski definition) is 5. The lowest BCUT2D eigenvalue weighted by Crippen LogP contribution is -2.14. The van der Waals surface area contributed by atoms with E-state index < -0.39 is 5.97 Å². The molecule has 0 bridgehead atoms. The van der Waals surface area contributed by atoms with E-state index >= 15 is 0 Å². The summed E-state index contributed by atoms with van der Waals surface area (Å²) in [6.45, 7) is 0. The Bertz CT molecular complexity index is 2010. The zero-order valence-corrected chi connectivity index (χ0v) is 24.8. The highest BCUT2D eigenvalue weighted by molar-refractivity contribution is 5.94. The number of hydrogen-bond donors (Lipinski definition) is 1. The van der Waals surface area contributed by atoms with Crippen molar-refractivity contribution in [2.75, 3.05) is 14.2 Å². The monoisotopic (exact) mass is 583 g/mol. The fraction of sp³-hybridized carbons (Fsp3) is 0.216. The number of benzene rings is 4. The Morgan fingerprint density at radius 3 is 2.23 bits per heavy atom. The quantitative estimate of drug-likeness (QED) is 0.202. The first-order valence-corrected chi connectivity index (χ1v) is 15.0. The van der Waals surface area contributed by atoms with Crippen LogP contribution in [0.15, 0.2) is 91.0 Å². The molecule has 0 aliphatic heterocycles. The molecule has 0 spiro atoms. The zero-order valence-electron chi connectivity index (χ0n) is 24.8. The Morgan fingerprint density at radius 2 is 1.48 bits per heavy atom. The minimum atomic E-state index is -0.945. The number of pyridine rings is 1. The number of rotatable bonds is 7. The highest BCUT2D eigenvalue weighted by atomic mass is 16.5. The van der Waals surface area contributed by atoms with Gasteiger partial charge in [0, 0.05) is 22.6 Å². The van der Waals surface area contributed by atoms with Gasteiger partial charge in [-0.1, -0.05) is 43.5 Å². The van der Waals surface area contributed by atoms with Crippen LogP contribution in [0.25, 0.3) is 55.7 Å². The minimum Gasteiger partial charge on any atom is -0.497 e. The maximum Gasteiger partial charge on any atom is 0.335 e. The van der Waals surface area contributed by atoms with E-state index in [9.17, 15) is 9.90 Å². The highest BCUT2D eigenvalue weighted by Crippen LogP contribution is 2.38. The highest BCUT2D eigenvalue weighted by Gasteiger charge is 2.23. The zero-order chi connectivity index (χ0) is 30.2. The molecule has 1 saturated carbocycles. The standard InChI is InChI=1S/C37H33N3O4/c1-43-28-13-8-23(9-14-28)30-16-15-29(44-2)22-31(30)33-18-10-24-20-25(11-17-32(24)38-33)36-39-34-21-26(37(41)42)12-19-35(34)40(36)27-6-4-3-5-7-27/h8-22,27H,3-7H2,1-2H3,(H,41,42). The van der Waals surface area contributed by atoms with Gasteiger partial charge in [0.25, 0.3) is 0 Å². The molecule has 220 valence electrons. The molecule has 0 unspecified atom stereocenters. The van der Waals surface area contributed by atoms with Crippen molar-refractivity contribution in [1.82, 2.24) is 14.5 Å². The van der Waals surface area contributed by atoms with E-state index in [2.05, 4.69) is 53.1 Å². The van der Waals surface area contributed by atoms with Crippen LogP contribution in [0.3, 0.4) is 0 Å². The summed E-state index contributed by atoms with van der Waals surface area (Å²) < 4.78 is 13.3. The number of nitrogens with zero attached hydrogens (tertiary/aromatic N) is 3. The molecule has 0 amide bonds. The molecule has 1 N–H and O–H groups in total. The summed E-state index contributed by atoms with van der Waals surface area (Å²) in [7, 11) is 3.34. The molecule has 44 heavy (non-hydrogen) atoms. The van der Waals surface area contributed by atoms with Gasteiger partial charge in [-0.3, -0.25) is 0 Å². The molecule has 7 nitrogen and oxygen atoms in total. The Morgan fingerprint density at radius 1 is 0.727 bits per heavy atom.